The lowest BCUT2D eigenvalue weighted by Crippen LogP contribution is -2.38. The van der Waals surface area contributed by atoms with Crippen LogP contribution in [0.5, 0.6) is 0 Å². The third-order valence-corrected chi connectivity index (χ3v) is 5.54. The smallest absolute Gasteiger partial charge is 0.257 e. The lowest BCUT2D eigenvalue weighted by Gasteiger charge is -2.34. The summed E-state index contributed by atoms with van der Waals surface area (Å²) >= 11 is 0. The maximum atomic E-state index is 14.1. The van der Waals surface area contributed by atoms with E-state index in [0.717, 1.165) is 11.1 Å². The average Bonchev–Trinajstić information content (AvgIpc) is 3.42. The number of amides is 1. The van der Waals surface area contributed by atoms with Crippen LogP contribution >= 0.6 is 0 Å². The molecular weight excluding hydrogens is 381 g/mol. The molecule has 30 heavy (non-hydrogen) atoms. The second-order valence-electron chi connectivity index (χ2n) is 7.51. The van der Waals surface area contributed by atoms with Crippen molar-refractivity contribution in [3.63, 3.8) is 0 Å². The van der Waals surface area contributed by atoms with E-state index in [4.69, 9.17) is 0 Å². The topological polar surface area (TPSA) is 56.0 Å². The zero-order valence-corrected chi connectivity index (χ0v) is 16.4. The maximum Gasteiger partial charge on any atom is 0.257 e. The molecule has 3 heterocycles. The Morgan fingerprint density at radius 3 is 2.63 bits per heavy atom. The monoisotopic (exact) mass is 401 g/mol. The van der Waals surface area contributed by atoms with Crippen LogP contribution in [0.1, 0.15) is 33.0 Å². The molecule has 0 saturated heterocycles. The van der Waals surface area contributed by atoms with Gasteiger partial charge < -0.3 is 4.90 Å². The number of aryl methyl sites for hydroxylation is 1. The number of hydrogen-bond donors (Lipinski definition) is 0. The number of carbonyl (C=O) groups is 1. The molecule has 0 N–H and O–H groups in total. The number of hydrogen-bond acceptors (Lipinski definition) is 3. The third kappa shape index (κ3) is 3.18. The molecular formula is C23H20FN5O. The molecule has 2 aromatic carbocycles. The van der Waals surface area contributed by atoms with Gasteiger partial charge in [-0.05, 0) is 28.8 Å². The van der Waals surface area contributed by atoms with Crippen molar-refractivity contribution in [3.05, 3.63) is 101 Å². The predicted octanol–water partition coefficient (Wildman–Crippen LogP) is 3.53. The molecule has 150 valence electrons. The van der Waals surface area contributed by atoms with Crippen molar-refractivity contribution in [3.8, 4) is 5.69 Å². The van der Waals surface area contributed by atoms with Crippen LogP contribution in [0.4, 0.5) is 4.39 Å². The Bertz CT molecular complexity index is 1230. The van der Waals surface area contributed by atoms with Gasteiger partial charge in [-0.3, -0.25) is 9.48 Å². The number of para-hydroxylation sites is 1. The molecule has 0 spiro atoms. The van der Waals surface area contributed by atoms with Gasteiger partial charge >= 0.3 is 0 Å². The quantitative estimate of drug-likeness (QED) is 0.528. The number of nitrogens with zero attached hydrogens (tertiary/aromatic N) is 5. The molecule has 1 unspecified atom stereocenters. The van der Waals surface area contributed by atoms with E-state index >= 15 is 0 Å². The Labute approximate surface area is 173 Å². The van der Waals surface area contributed by atoms with Crippen molar-refractivity contribution in [1.82, 2.24) is 24.5 Å². The summed E-state index contributed by atoms with van der Waals surface area (Å²) < 4.78 is 17.3. The van der Waals surface area contributed by atoms with Gasteiger partial charge in [0.25, 0.3) is 5.91 Å². The fourth-order valence-corrected chi connectivity index (χ4v) is 4.05. The van der Waals surface area contributed by atoms with Gasteiger partial charge in [0.05, 0.1) is 18.0 Å². The molecule has 2 aromatic heterocycles. The van der Waals surface area contributed by atoms with Crippen LogP contribution in [0, 0.1) is 5.82 Å². The molecule has 5 rings (SSSR count). The van der Waals surface area contributed by atoms with E-state index in [9.17, 15) is 9.18 Å². The SMILES string of the molecule is Cn1cc(C2CN(C(=O)c3cnn(-c4ccccc4F)c3)Cc3ccccc32)cn1. The number of carbonyl (C=O) groups excluding carboxylic acids is 1. The van der Waals surface area contributed by atoms with Crippen LogP contribution < -0.4 is 0 Å². The Hall–Kier alpha value is -3.74. The van der Waals surface area contributed by atoms with E-state index in [0.29, 0.717) is 24.3 Å². The summed E-state index contributed by atoms with van der Waals surface area (Å²) in [5.74, 6) is -0.460. The van der Waals surface area contributed by atoms with Gasteiger partial charge in [-0.15, -0.1) is 0 Å². The van der Waals surface area contributed by atoms with Gasteiger partial charge in [0.2, 0.25) is 0 Å². The van der Waals surface area contributed by atoms with Crippen molar-refractivity contribution in [2.24, 2.45) is 7.05 Å². The fraction of sp³-hybridized carbons (Fsp3) is 0.174. The van der Waals surface area contributed by atoms with Gasteiger partial charge in [-0.1, -0.05) is 36.4 Å². The highest BCUT2D eigenvalue weighted by molar-refractivity contribution is 5.94. The first-order valence-corrected chi connectivity index (χ1v) is 9.75. The lowest BCUT2D eigenvalue weighted by molar-refractivity contribution is 0.0725. The minimum absolute atomic E-state index is 0.0502. The van der Waals surface area contributed by atoms with Crippen LogP contribution in [0.3, 0.4) is 0 Å². The molecule has 1 atom stereocenters. The van der Waals surface area contributed by atoms with Crippen molar-refractivity contribution in [1.29, 1.82) is 0 Å². The lowest BCUT2D eigenvalue weighted by atomic mass is 9.86. The summed E-state index contributed by atoms with van der Waals surface area (Å²) in [6.07, 6.45) is 6.92. The summed E-state index contributed by atoms with van der Waals surface area (Å²) in [5, 5.41) is 8.51. The van der Waals surface area contributed by atoms with Crippen LogP contribution in [0.25, 0.3) is 5.69 Å². The van der Waals surface area contributed by atoms with Crippen molar-refractivity contribution in [2.75, 3.05) is 6.54 Å². The normalized spacial score (nSPS) is 15.8. The first-order chi connectivity index (χ1) is 14.6. The molecule has 0 saturated carbocycles. The Balaban J connectivity index is 1.46. The number of benzene rings is 2. The Morgan fingerprint density at radius 1 is 1.03 bits per heavy atom. The second-order valence-corrected chi connectivity index (χ2v) is 7.51. The molecule has 1 aliphatic rings. The highest BCUT2D eigenvalue weighted by Gasteiger charge is 2.30. The first-order valence-electron chi connectivity index (χ1n) is 9.75. The van der Waals surface area contributed by atoms with Gasteiger partial charge in [0.1, 0.15) is 11.5 Å². The molecule has 6 nitrogen and oxygen atoms in total. The van der Waals surface area contributed by atoms with Crippen LogP contribution in [-0.2, 0) is 13.6 Å². The molecule has 0 fully saturated rings. The molecule has 1 amide bonds. The number of fused-ring (bicyclic) bond motifs is 1. The number of halogens is 1. The van der Waals surface area contributed by atoms with Crippen molar-refractivity contribution >= 4 is 5.91 Å². The molecule has 0 bridgehead atoms. The molecule has 7 heteroatoms. The van der Waals surface area contributed by atoms with Gasteiger partial charge in [-0.25, -0.2) is 9.07 Å². The first kappa shape index (κ1) is 18.3. The van der Waals surface area contributed by atoms with E-state index in [1.54, 1.807) is 29.1 Å². The molecule has 0 aliphatic carbocycles. The molecule has 0 radical (unpaired) electrons. The fourth-order valence-electron chi connectivity index (χ4n) is 4.05. The number of aromatic nitrogens is 4. The molecule has 4 aromatic rings. The number of rotatable bonds is 3. The summed E-state index contributed by atoms with van der Waals surface area (Å²) in [4.78, 5) is 15.1. The summed E-state index contributed by atoms with van der Waals surface area (Å²) in [7, 11) is 1.89. The predicted molar refractivity (Wildman–Crippen MR) is 110 cm³/mol. The maximum absolute atomic E-state index is 14.1. The Morgan fingerprint density at radius 2 is 1.83 bits per heavy atom. The zero-order chi connectivity index (χ0) is 20.7. The summed E-state index contributed by atoms with van der Waals surface area (Å²) in [5.41, 5.74) is 4.16. The van der Waals surface area contributed by atoms with E-state index in [1.165, 1.54) is 22.5 Å². The van der Waals surface area contributed by atoms with Gasteiger partial charge in [-0.2, -0.15) is 10.2 Å². The summed E-state index contributed by atoms with van der Waals surface area (Å²) in [6, 6.07) is 14.6. The highest BCUT2D eigenvalue weighted by Crippen LogP contribution is 2.34. The van der Waals surface area contributed by atoms with Crippen molar-refractivity contribution < 1.29 is 9.18 Å². The van der Waals surface area contributed by atoms with E-state index < -0.39 is 0 Å². The van der Waals surface area contributed by atoms with Gasteiger partial charge in [0.15, 0.2) is 0 Å². The highest BCUT2D eigenvalue weighted by atomic mass is 19.1. The summed E-state index contributed by atoms with van der Waals surface area (Å²) in [6.45, 7) is 1.07. The average molecular weight is 401 g/mol. The van der Waals surface area contributed by atoms with Crippen LogP contribution in [0.2, 0.25) is 0 Å². The van der Waals surface area contributed by atoms with Crippen LogP contribution in [0.15, 0.2) is 73.3 Å². The minimum Gasteiger partial charge on any atom is -0.333 e. The van der Waals surface area contributed by atoms with E-state index in [2.05, 4.69) is 22.3 Å². The van der Waals surface area contributed by atoms with E-state index in [-0.39, 0.29) is 17.6 Å². The molecule has 1 aliphatic heterocycles. The third-order valence-electron chi connectivity index (χ3n) is 5.54. The minimum atomic E-state index is -0.386. The van der Waals surface area contributed by atoms with Crippen LogP contribution in [-0.4, -0.2) is 36.9 Å². The zero-order valence-electron chi connectivity index (χ0n) is 16.4. The standard InChI is InChI=1S/C23H20FN5O/c1-27-12-17(10-25-27)20-15-28(13-16-6-2-3-7-19(16)20)23(30)18-11-26-29(14-18)22-9-5-4-8-21(22)24/h2-12,14,20H,13,15H2,1H3. The second kappa shape index (κ2) is 7.26. The van der Waals surface area contributed by atoms with Gasteiger partial charge in [0, 0.05) is 38.4 Å². The van der Waals surface area contributed by atoms with E-state index in [1.807, 2.05) is 36.5 Å². The Kier molecular flexibility index (Phi) is 4.43. The van der Waals surface area contributed by atoms with Crippen molar-refractivity contribution in [2.45, 2.75) is 12.5 Å². The largest absolute Gasteiger partial charge is 0.333 e.